The number of carbonyl (C=O) groups is 2. The molecule has 0 unspecified atom stereocenters. The van der Waals surface area contributed by atoms with Crippen molar-refractivity contribution in [2.75, 3.05) is 11.9 Å². The lowest BCUT2D eigenvalue weighted by molar-refractivity contribution is -0.124. The van der Waals surface area contributed by atoms with Gasteiger partial charge in [0.05, 0.1) is 12.6 Å². The number of nitrogens with zero attached hydrogens (tertiary/aromatic N) is 1. The first kappa shape index (κ1) is 17.0. The Kier molecular flexibility index (Phi) is 4.90. The van der Waals surface area contributed by atoms with Crippen LogP contribution in [0.4, 0.5) is 5.69 Å². The van der Waals surface area contributed by atoms with E-state index in [0.29, 0.717) is 12.0 Å². The first-order valence-electron chi connectivity index (χ1n) is 8.88. The molecule has 1 saturated heterocycles. The second-order valence-electron chi connectivity index (χ2n) is 7.25. The molecule has 1 aromatic carbocycles. The summed E-state index contributed by atoms with van der Waals surface area (Å²) < 4.78 is 0. The number of primary amides is 1. The summed E-state index contributed by atoms with van der Waals surface area (Å²) in [6, 6.07) is 5.97. The summed E-state index contributed by atoms with van der Waals surface area (Å²) in [7, 11) is 0. The summed E-state index contributed by atoms with van der Waals surface area (Å²) in [6.45, 7) is 4.21. The summed E-state index contributed by atoms with van der Waals surface area (Å²) >= 11 is 0. The van der Waals surface area contributed by atoms with Gasteiger partial charge in [0.25, 0.3) is 0 Å². The van der Waals surface area contributed by atoms with E-state index in [2.05, 4.69) is 10.2 Å². The topological polar surface area (TPSA) is 75.4 Å². The van der Waals surface area contributed by atoms with E-state index in [1.165, 1.54) is 12.8 Å². The number of nitrogens with two attached hydrogens (primary N) is 1. The van der Waals surface area contributed by atoms with E-state index >= 15 is 0 Å². The van der Waals surface area contributed by atoms with E-state index in [-0.39, 0.29) is 24.4 Å². The molecule has 0 radical (unpaired) electrons. The van der Waals surface area contributed by atoms with Gasteiger partial charge in [-0.2, -0.15) is 0 Å². The lowest BCUT2D eigenvalue weighted by Crippen LogP contribution is -2.48. The lowest BCUT2D eigenvalue weighted by atomic mass is 9.84. The number of hydrogen-bond acceptors (Lipinski definition) is 3. The zero-order valence-electron chi connectivity index (χ0n) is 14.5. The average Bonchev–Trinajstić information content (AvgIpc) is 2.90. The Labute approximate surface area is 143 Å². The Hall–Kier alpha value is -1.88. The molecule has 5 nitrogen and oxygen atoms in total. The molecule has 1 aliphatic carbocycles. The van der Waals surface area contributed by atoms with E-state index in [0.717, 1.165) is 36.1 Å². The molecule has 2 amide bonds. The number of likely N-dealkylation sites (tertiary alicyclic amines) is 1. The van der Waals surface area contributed by atoms with E-state index in [4.69, 9.17) is 5.73 Å². The van der Waals surface area contributed by atoms with Crippen LogP contribution in [0.2, 0.25) is 0 Å². The highest BCUT2D eigenvalue weighted by Gasteiger charge is 2.44. The van der Waals surface area contributed by atoms with Gasteiger partial charge in [-0.05, 0) is 50.2 Å². The van der Waals surface area contributed by atoms with Gasteiger partial charge in [-0.3, -0.25) is 14.5 Å². The van der Waals surface area contributed by atoms with Crippen LogP contribution in [-0.4, -0.2) is 35.3 Å². The van der Waals surface area contributed by atoms with Crippen molar-refractivity contribution < 1.29 is 9.59 Å². The molecule has 24 heavy (non-hydrogen) atoms. The maximum Gasteiger partial charge on any atom is 0.238 e. The second kappa shape index (κ2) is 6.93. The number of amides is 2. The van der Waals surface area contributed by atoms with Crippen molar-refractivity contribution >= 4 is 17.5 Å². The molecule has 0 spiro atoms. The fraction of sp³-hybridized carbons (Fsp3) is 0.579. The van der Waals surface area contributed by atoms with Crippen LogP contribution in [-0.2, 0) is 9.59 Å². The fourth-order valence-electron chi connectivity index (χ4n) is 4.42. The smallest absolute Gasteiger partial charge is 0.238 e. The molecule has 0 aromatic heterocycles. The van der Waals surface area contributed by atoms with Crippen LogP contribution in [0.1, 0.15) is 43.2 Å². The highest BCUT2D eigenvalue weighted by atomic mass is 16.2. The summed E-state index contributed by atoms with van der Waals surface area (Å²) in [5.74, 6) is 0.137. The van der Waals surface area contributed by atoms with Crippen LogP contribution in [0, 0.1) is 19.8 Å². The fourth-order valence-corrected chi connectivity index (χ4v) is 4.42. The molecule has 1 heterocycles. The molecule has 1 aliphatic heterocycles. The van der Waals surface area contributed by atoms with Crippen LogP contribution >= 0.6 is 0 Å². The number of carbonyl (C=O) groups excluding carboxylic acids is 2. The number of anilines is 1. The molecule has 3 atom stereocenters. The van der Waals surface area contributed by atoms with Crippen LogP contribution in [0.15, 0.2) is 18.2 Å². The summed E-state index contributed by atoms with van der Waals surface area (Å²) in [6.07, 6.45) is 5.39. The van der Waals surface area contributed by atoms with E-state index in [9.17, 15) is 9.59 Å². The monoisotopic (exact) mass is 329 g/mol. The first-order valence-corrected chi connectivity index (χ1v) is 8.88. The number of aryl methyl sites for hydroxylation is 2. The van der Waals surface area contributed by atoms with Crippen molar-refractivity contribution in [2.45, 2.75) is 58.0 Å². The van der Waals surface area contributed by atoms with Gasteiger partial charge in [0.2, 0.25) is 11.8 Å². The molecule has 3 N–H and O–H groups in total. The third-order valence-electron chi connectivity index (χ3n) is 5.62. The van der Waals surface area contributed by atoms with Gasteiger partial charge >= 0.3 is 0 Å². The van der Waals surface area contributed by atoms with Gasteiger partial charge in [0.1, 0.15) is 0 Å². The molecule has 2 aliphatic rings. The predicted molar refractivity (Wildman–Crippen MR) is 94.6 cm³/mol. The quantitative estimate of drug-likeness (QED) is 0.890. The number of nitrogens with one attached hydrogen (secondary N) is 1. The minimum Gasteiger partial charge on any atom is -0.368 e. The predicted octanol–water partition coefficient (Wildman–Crippen LogP) is 2.36. The van der Waals surface area contributed by atoms with E-state index < -0.39 is 0 Å². The summed E-state index contributed by atoms with van der Waals surface area (Å²) in [4.78, 5) is 26.5. The first-order chi connectivity index (χ1) is 11.5. The van der Waals surface area contributed by atoms with Crippen molar-refractivity contribution in [3.8, 4) is 0 Å². The summed E-state index contributed by atoms with van der Waals surface area (Å²) in [5.41, 5.74) is 8.58. The molecule has 1 aromatic rings. The van der Waals surface area contributed by atoms with Crippen molar-refractivity contribution in [3.63, 3.8) is 0 Å². The summed E-state index contributed by atoms with van der Waals surface area (Å²) in [5, 5.41) is 3.03. The molecule has 130 valence electrons. The molecule has 1 saturated carbocycles. The molecule has 2 fully saturated rings. The maximum atomic E-state index is 12.6. The SMILES string of the molecule is Cc1cccc(C)c1NC(=O)CN1[C@H](C(N)=O)C[C@@H]2CCCC[C@@H]21. The highest BCUT2D eigenvalue weighted by molar-refractivity contribution is 5.94. The van der Waals surface area contributed by atoms with Crippen LogP contribution in [0.25, 0.3) is 0 Å². The van der Waals surface area contributed by atoms with Crippen LogP contribution in [0.3, 0.4) is 0 Å². The third-order valence-corrected chi connectivity index (χ3v) is 5.62. The van der Waals surface area contributed by atoms with Gasteiger partial charge in [-0.15, -0.1) is 0 Å². The van der Waals surface area contributed by atoms with Gasteiger partial charge < -0.3 is 11.1 Å². The lowest BCUT2D eigenvalue weighted by Gasteiger charge is -2.32. The molecule has 0 bridgehead atoms. The molecular weight excluding hydrogens is 302 g/mol. The van der Waals surface area contributed by atoms with Crippen LogP contribution < -0.4 is 11.1 Å². The van der Waals surface area contributed by atoms with Crippen molar-refractivity contribution in [1.82, 2.24) is 4.90 Å². The minimum atomic E-state index is -0.304. The van der Waals surface area contributed by atoms with Gasteiger partial charge in [-0.1, -0.05) is 31.0 Å². The average molecular weight is 329 g/mol. The number of hydrogen-bond donors (Lipinski definition) is 2. The molecule has 5 heteroatoms. The van der Waals surface area contributed by atoms with Crippen molar-refractivity contribution in [2.24, 2.45) is 11.7 Å². The third kappa shape index (κ3) is 3.31. The molecular formula is C19H27N3O2. The van der Waals surface area contributed by atoms with Gasteiger partial charge in [-0.25, -0.2) is 0 Å². The maximum absolute atomic E-state index is 12.6. The van der Waals surface area contributed by atoms with Crippen molar-refractivity contribution in [1.29, 1.82) is 0 Å². The Balaban J connectivity index is 1.73. The number of para-hydroxylation sites is 1. The molecule has 3 rings (SSSR count). The van der Waals surface area contributed by atoms with E-state index in [1.807, 2.05) is 32.0 Å². The Morgan fingerprint density at radius 2 is 1.88 bits per heavy atom. The largest absolute Gasteiger partial charge is 0.368 e. The highest BCUT2D eigenvalue weighted by Crippen LogP contribution is 2.39. The number of benzene rings is 1. The zero-order chi connectivity index (χ0) is 17.3. The second-order valence-corrected chi connectivity index (χ2v) is 7.25. The van der Waals surface area contributed by atoms with Crippen LogP contribution in [0.5, 0.6) is 0 Å². The zero-order valence-corrected chi connectivity index (χ0v) is 14.5. The number of rotatable bonds is 4. The van der Waals surface area contributed by atoms with Gasteiger partial charge in [0, 0.05) is 11.7 Å². The minimum absolute atomic E-state index is 0.0649. The van der Waals surface area contributed by atoms with Crippen molar-refractivity contribution in [3.05, 3.63) is 29.3 Å². The van der Waals surface area contributed by atoms with Gasteiger partial charge in [0.15, 0.2) is 0 Å². The normalized spacial score (nSPS) is 26.8. The Morgan fingerprint density at radius 1 is 1.21 bits per heavy atom. The Morgan fingerprint density at radius 3 is 2.54 bits per heavy atom. The Bertz CT molecular complexity index is 623. The standard InChI is InChI=1S/C19H27N3O2/c1-12-6-5-7-13(2)18(12)21-17(23)11-22-15-9-4-3-8-14(15)10-16(22)19(20)24/h5-7,14-16H,3-4,8-11H2,1-2H3,(H2,20,24)(H,21,23)/t14-,15-,16-/m0/s1. The van der Waals surface area contributed by atoms with E-state index in [1.54, 1.807) is 0 Å². The number of fused-ring (bicyclic) bond motifs is 1.